The largest absolute Gasteiger partial charge is 0.416 e. The molecule has 1 aliphatic heterocycles. The van der Waals surface area contributed by atoms with E-state index in [0.717, 1.165) is 6.07 Å². The molecule has 0 aliphatic carbocycles. The van der Waals surface area contributed by atoms with Crippen LogP contribution in [0.4, 0.5) is 19.0 Å². The molecular formula is C16H15F3N4O. The van der Waals surface area contributed by atoms with Crippen molar-refractivity contribution < 1.29 is 18.0 Å². The van der Waals surface area contributed by atoms with Crippen LogP contribution in [-0.4, -0.2) is 33.4 Å². The van der Waals surface area contributed by atoms with Crippen LogP contribution in [0, 0.1) is 0 Å². The van der Waals surface area contributed by atoms with Crippen LogP contribution in [0.1, 0.15) is 17.5 Å². The first kappa shape index (κ1) is 16.2. The smallest absolute Gasteiger partial charge is 0.364 e. The summed E-state index contributed by atoms with van der Waals surface area (Å²) < 4.78 is 39.2. The Labute approximate surface area is 136 Å². The molecule has 0 saturated carbocycles. The van der Waals surface area contributed by atoms with Crippen molar-refractivity contribution in [1.82, 2.24) is 14.9 Å². The van der Waals surface area contributed by atoms with Crippen LogP contribution < -0.4 is 5.32 Å². The lowest BCUT2D eigenvalue weighted by Crippen LogP contribution is -2.28. The first-order valence-electron chi connectivity index (χ1n) is 7.39. The lowest BCUT2D eigenvalue weighted by molar-refractivity contribution is -0.139. The second-order valence-corrected chi connectivity index (χ2v) is 5.57. The number of alkyl halides is 3. The third kappa shape index (κ3) is 3.64. The normalized spacial score (nSPS) is 18.0. The van der Waals surface area contributed by atoms with E-state index in [1.807, 2.05) is 0 Å². The van der Waals surface area contributed by atoms with E-state index in [-0.39, 0.29) is 30.5 Å². The fraction of sp³-hybridized carbons (Fsp3) is 0.312. The molecule has 1 aromatic carbocycles. The lowest BCUT2D eigenvalue weighted by Gasteiger charge is -2.20. The second-order valence-electron chi connectivity index (χ2n) is 5.57. The molecule has 1 aromatic heterocycles. The van der Waals surface area contributed by atoms with Crippen LogP contribution in [0.3, 0.4) is 0 Å². The summed E-state index contributed by atoms with van der Waals surface area (Å²) in [6.07, 6.45) is 0.370. The van der Waals surface area contributed by atoms with E-state index in [1.165, 1.54) is 35.6 Å². The van der Waals surface area contributed by atoms with Crippen molar-refractivity contribution in [3.8, 4) is 0 Å². The SMILES string of the molecule is O=C1CC(Nc2cnccn2)CN1Cc1ccccc1C(F)(F)F. The van der Waals surface area contributed by atoms with E-state index in [9.17, 15) is 18.0 Å². The molecular weight excluding hydrogens is 321 g/mol. The summed E-state index contributed by atoms with van der Waals surface area (Å²) in [6.45, 7) is 0.259. The molecule has 3 rings (SSSR count). The number of carbonyl (C=O) groups is 1. The molecule has 1 fully saturated rings. The molecule has 24 heavy (non-hydrogen) atoms. The van der Waals surface area contributed by atoms with Crippen molar-refractivity contribution in [2.24, 2.45) is 0 Å². The summed E-state index contributed by atoms with van der Waals surface area (Å²) >= 11 is 0. The minimum atomic E-state index is -4.43. The van der Waals surface area contributed by atoms with E-state index in [1.54, 1.807) is 6.07 Å². The highest BCUT2D eigenvalue weighted by Crippen LogP contribution is 2.33. The monoisotopic (exact) mass is 336 g/mol. The van der Waals surface area contributed by atoms with Crippen LogP contribution in [0.5, 0.6) is 0 Å². The van der Waals surface area contributed by atoms with Gasteiger partial charge < -0.3 is 10.2 Å². The van der Waals surface area contributed by atoms with Crippen LogP contribution in [0.25, 0.3) is 0 Å². The first-order chi connectivity index (χ1) is 11.4. The molecule has 0 bridgehead atoms. The molecule has 8 heteroatoms. The van der Waals surface area contributed by atoms with Gasteiger partial charge in [0, 0.05) is 31.9 Å². The van der Waals surface area contributed by atoms with Crippen LogP contribution in [-0.2, 0) is 17.5 Å². The first-order valence-corrected chi connectivity index (χ1v) is 7.39. The minimum absolute atomic E-state index is 0.0623. The van der Waals surface area contributed by atoms with E-state index in [4.69, 9.17) is 0 Å². The van der Waals surface area contributed by atoms with Gasteiger partial charge in [-0.1, -0.05) is 18.2 Å². The molecule has 2 aromatic rings. The molecule has 1 amide bonds. The number of amides is 1. The van der Waals surface area contributed by atoms with Gasteiger partial charge >= 0.3 is 6.18 Å². The maximum atomic E-state index is 13.1. The number of aromatic nitrogens is 2. The molecule has 126 valence electrons. The van der Waals surface area contributed by atoms with Crippen molar-refractivity contribution >= 4 is 11.7 Å². The number of anilines is 1. The van der Waals surface area contributed by atoms with Gasteiger partial charge in [-0.15, -0.1) is 0 Å². The summed E-state index contributed by atoms with van der Waals surface area (Å²) in [7, 11) is 0. The summed E-state index contributed by atoms with van der Waals surface area (Å²) in [5.41, 5.74) is -0.610. The number of hydrogen-bond donors (Lipinski definition) is 1. The molecule has 2 heterocycles. The predicted molar refractivity (Wildman–Crippen MR) is 80.9 cm³/mol. The fourth-order valence-corrected chi connectivity index (χ4v) is 2.74. The fourth-order valence-electron chi connectivity index (χ4n) is 2.74. The van der Waals surface area contributed by atoms with Crippen molar-refractivity contribution in [3.05, 3.63) is 54.0 Å². The van der Waals surface area contributed by atoms with Gasteiger partial charge in [0.25, 0.3) is 0 Å². The number of hydrogen-bond acceptors (Lipinski definition) is 4. The van der Waals surface area contributed by atoms with Gasteiger partial charge in [-0.2, -0.15) is 13.2 Å². The average Bonchev–Trinajstić information content (AvgIpc) is 2.87. The van der Waals surface area contributed by atoms with Gasteiger partial charge in [-0.05, 0) is 11.6 Å². The number of likely N-dealkylation sites (tertiary alicyclic amines) is 1. The molecule has 1 saturated heterocycles. The summed E-state index contributed by atoms with van der Waals surface area (Å²) in [4.78, 5) is 21.5. The van der Waals surface area contributed by atoms with Gasteiger partial charge in [0.2, 0.25) is 5.91 Å². The van der Waals surface area contributed by atoms with Crippen molar-refractivity contribution in [3.63, 3.8) is 0 Å². The zero-order valence-corrected chi connectivity index (χ0v) is 12.6. The van der Waals surface area contributed by atoms with Gasteiger partial charge in [-0.25, -0.2) is 4.98 Å². The van der Waals surface area contributed by atoms with E-state index < -0.39 is 11.7 Å². The molecule has 1 unspecified atom stereocenters. The third-order valence-corrected chi connectivity index (χ3v) is 3.81. The quantitative estimate of drug-likeness (QED) is 0.933. The predicted octanol–water partition coefficient (Wildman–Crippen LogP) is 2.71. The molecule has 1 N–H and O–H groups in total. The topological polar surface area (TPSA) is 58.1 Å². The van der Waals surface area contributed by atoms with E-state index in [2.05, 4.69) is 15.3 Å². The highest BCUT2D eigenvalue weighted by atomic mass is 19.4. The Balaban J connectivity index is 1.70. The Hall–Kier alpha value is -2.64. The Morgan fingerprint density at radius 2 is 2.04 bits per heavy atom. The summed E-state index contributed by atoms with van der Waals surface area (Å²) in [5.74, 6) is 0.348. The number of nitrogens with one attached hydrogen (secondary N) is 1. The number of nitrogens with zero attached hydrogens (tertiary/aromatic N) is 3. The molecule has 0 radical (unpaired) electrons. The van der Waals surface area contributed by atoms with Crippen LogP contribution >= 0.6 is 0 Å². The molecule has 0 spiro atoms. The van der Waals surface area contributed by atoms with Gasteiger partial charge in [0.05, 0.1) is 17.8 Å². The van der Waals surface area contributed by atoms with E-state index >= 15 is 0 Å². The Morgan fingerprint density at radius 3 is 2.75 bits per heavy atom. The zero-order valence-electron chi connectivity index (χ0n) is 12.6. The number of benzene rings is 1. The molecule has 5 nitrogen and oxygen atoms in total. The van der Waals surface area contributed by atoms with Crippen LogP contribution in [0.15, 0.2) is 42.9 Å². The Bertz CT molecular complexity index is 721. The third-order valence-electron chi connectivity index (χ3n) is 3.81. The summed E-state index contributed by atoms with van der Waals surface area (Å²) in [6, 6.07) is 5.12. The number of halogens is 3. The highest BCUT2D eigenvalue weighted by Gasteiger charge is 2.35. The number of carbonyl (C=O) groups excluding carboxylic acids is 1. The second kappa shape index (κ2) is 6.46. The standard InChI is InChI=1S/C16H15F3N4O/c17-16(18,19)13-4-2-1-3-11(13)9-23-10-12(7-15(23)24)22-14-8-20-5-6-21-14/h1-6,8,12H,7,9-10H2,(H,21,22). The summed E-state index contributed by atoms with van der Waals surface area (Å²) in [5, 5.41) is 3.07. The lowest BCUT2D eigenvalue weighted by atomic mass is 10.1. The van der Waals surface area contributed by atoms with Crippen molar-refractivity contribution in [1.29, 1.82) is 0 Å². The Morgan fingerprint density at radius 1 is 1.25 bits per heavy atom. The van der Waals surface area contributed by atoms with Crippen LogP contribution in [0.2, 0.25) is 0 Å². The highest BCUT2D eigenvalue weighted by molar-refractivity contribution is 5.80. The molecule has 1 aliphatic rings. The van der Waals surface area contributed by atoms with Crippen molar-refractivity contribution in [2.45, 2.75) is 25.2 Å². The van der Waals surface area contributed by atoms with Crippen molar-refractivity contribution in [2.75, 3.05) is 11.9 Å². The minimum Gasteiger partial charge on any atom is -0.364 e. The Kier molecular flexibility index (Phi) is 4.37. The molecule has 1 atom stereocenters. The zero-order chi connectivity index (χ0) is 17.2. The van der Waals surface area contributed by atoms with Gasteiger partial charge in [0.15, 0.2) is 0 Å². The van der Waals surface area contributed by atoms with Gasteiger partial charge in [0.1, 0.15) is 5.82 Å². The van der Waals surface area contributed by atoms with E-state index in [0.29, 0.717) is 12.4 Å². The number of rotatable bonds is 4. The maximum absolute atomic E-state index is 13.1. The maximum Gasteiger partial charge on any atom is 0.416 e. The average molecular weight is 336 g/mol. The van der Waals surface area contributed by atoms with Gasteiger partial charge in [-0.3, -0.25) is 9.78 Å².